The van der Waals surface area contributed by atoms with Gasteiger partial charge in [0.05, 0.1) is 29.0 Å². The maximum atomic E-state index is 16.4. The van der Waals surface area contributed by atoms with Crippen LogP contribution in [0.3, 0.4) is 0 Å². The van der Waals surface area contributed by atoms with Gasteiger partial charge in [0.1, 0.15) is 11.6 Å². The SMILES string of the molecule is CCOc1ncccc1-c1ccc(N2CCN(C(=O)c3ccc(F)cc3C(F)(F)F)C[C@H]2CC)c(C(=O)NCCNC)c1F. The van der Waals surface area contributed by atoms with Crippen LogP contribution in [-0.2, 0) is 6.18 Å². The van der Waals surface area contributed by atoms with Crippen LogP contribution in [0, 0.1) is 11.6 Å². The van der Waals surface area contributed by atoms with E-state index in [4.69, 9.17) is 4.74 Å². The Bertz CT molecular complexity index is 1500. The predicted octanol–water partition coefficient (Wildman–Crippen LogP) is 5.13. The van der Waals surface area contributed by atoms with Gasteiger partial charge in [-0.05, 0) is 62.9 Å². The number of rotatable bonds is 10. The van der Waals surface area contributed by atoms with Crippen molar-refractivity contribution in [3.63, 3.8) is 0 Å². The van der Waals surface area contributed by atoms with E-state index >= 15 is 4.39 Å². The Morgan fingerprint density at radius 2 is 1.82 bits per heavy atom. The first-order valence-electron chi connectivity index (χ1n) is 14.3. The molecule has 13 heteroatoms. The van der Waals surface area contributed by atoms with Crippen LogP contribution in [0.4, 0.5) is 27.6 Å². The number of amides is 2. The fourth-order valence-electron chi connectivity index (χ4n) is 5.28. The van der Waals surface area contributed by atoms with Crippen LogP contribution in [0.15, 0.2) is 48.7 Å². The average Bonchev–Trinajstić information content (AvgIpc) is 3.00. The van der Waals surface area contributed by atoms with E-state index in [1.807, 2.05) is 6.92 Å². The van der Waals surface area contributed by atoms with Gasteiger partial charge in [0, 0.05) is 56.1 Å². The fraction of sp³-hybridized carbons (Fsp3) is 0.387. The zero-order valence-corrected chi connectivity index (χ0v) is 24.6. The first kappa shape index (κ1) is 32.6. The number of hydrogen-bond acceptors (Lipinski definition) is 6. The summed E-state index contributed by atoms with van der Waals surface area (Å²) in [6.07, 6.45) is -2.98. The molecule has 1 atom stereocenters. The van der Waals surface area contributed by atoms with E-state index < -0.39 is 46.8 Å². The molecule has 1 fully saturated rings. The highest BCUT2D eigenvalue weighted by molar-refractivity contribution is 6.02. The minimum absolute atomic E-state index is 0.00524. The molecule has 2 N–H and O–H groups in total. The summed E-state index contributed by atoms with van der Waals surface area (Å²) in [5, 5.41) is 5.64. The predicted molar refractivity (Wildman–Crippen MR) is 156 cm³/mol. The van der Waals surface area contributed by atoms with Crippen LogP contribution in [-0.4, -0.2) is 74.1 Å². The zero-order valence-electron chi connectivity index (χ0n) is 24.6. The number of likely N-dealkylation sites (N-methyl/N-ethyl adjacent to an activating group) is 1. The minimum Gasteiger partial charge on any atom is -0.478 e. The number of anilines is 1. The third-order valence-corrected chi connectivity index (χ3v) is 7.42. The smallest absolute Gasteiger partial charge is 0.417 e. The third-order valence-electron chi connectivity index (χ3n) is 7.42. The molecule has 0 spiro atoms. The Hall–Kier alpha value is -4.26. The number of benzene rings is 2. The van der Waals surface area contributed by atoms with Crippen molar-refractivity contribution in [1.82, 2.24) is 20.5 Å². The molecule has 0 radical (unpaired) electrons. The van der Waals surface area contributed by atoms with E-state index in [9.17, 15) is 27.2 Å². The summed E-state index contributed by atoms with van der Waals surface area (Å²) in [6, 6.07) is 7.93. The summed E-state index contributed by atoms with van der Waals surface area (Å²) in [5.41, 5.74) is -1.44. The Morgan fingerprint density at radius 3 is 2.50 bits per heavy atom. The van der Waals surface area contributed by atoms with E-state index in [2.05, 4.69) is 15.6 Å². The fourth-order valence-corrected chi connectivity index (χ4v) is 5.28. The lowest BCUT2D eigenvalue weighted by atomic mass is 9.97. The van der Waals surface area contributed by atoms with Crippen LogP contribution < -0.4 is 20.3 Å². The minimum atomic E-state index is -4.93. The van der Waals surface area contributed by atoms with Crippen molar-refractivity contribution in [3.05, 3.63) is 77.0 Å². The average molecular weight is 620 g/mol. The maximum absolute atomic E-state index is 16.4. The number of carbonyl (C=O) groups is 2. The van der Waals surface area contributed by atoms with Gasteiger partial charge in [0.15, 0.2) is 0 Å². The molecule has 3 aromatic rings. The second kappa shape index (κ2) is 14.0. The number of halogens is 5. The summed E-state index contributed by atoms with van der Waals surface area (Å²) in [4.78, 5) is 34.0. The lowest BCUT2D eigenvalue weighted by Gasteiger charge is -2.43. The first-order chi connectivity index (χ1) is 21.0. The van der Waals surface area contributed by atoms with Crippen molar-refractivity contribution in [2.45, 2.75) is 32.5 Å². The van der Waals surface area contributed by atoms with Crippen molar-refractivity contribution < 1.29 is 36.3 Å². The van der Waals surface area contributed by atoms with Gasteiger partial charge in [0.25, 0.3) is 11.8 Å². The molecule has 0 aliphatic carbocycles. The second-order valence-corrected chi connectivity index (χ2v) is 10.2. The second-order valence-electron chi connectivity index (χ2n) is 10.2. The molecule has 44 heavy (non-hydrogen) atoms. The van der Waals surface area contributed by atoms with Crippen molar-refractivity contribution >= 4 is 17.5 Å². The van der Waals surface area contributed by atoms with E-state index in [0.717, 1.165) is 12.1 Å². The molecule has 2 amide bonds. The topological polar surface area (TPSA) is 86.8 Å². The quantitative estimate of drug-likeness (QED) is 0.242. The standard InChI is InChI=1S/C31H34F5N5O3/c1-4-20-18-40(30(43)23-9-8-19(32)17-24(23)31(34,35)36)15-16-41(20)25-11-10-21(22-7-6-12-39-29(22)44-5-2)27(33)26(25)28(42)38-14-13-37-3/h6-12,17,20,37H,4-5,13-16,18H2,1-3H3,(H,38,42)/t20-/m1/s1. The molecule has 2 aromatic carbocycles. The summed E-state index contributed by atoms with van der Waals surface area (Å²) in [7, 11) is 1.71. The zero-order chi connectivity index (χ0) is 32.0. The van der Waals surface area contributed by atoms with Gasteiger partial charge in [-0.25, -0.2) is 13.8 Å². The number of hydrogen-bond donors (Lipinski definition) is 2. The van der Waals surface area contributed by atoms with Crippen molar-refractivity contribution in [3.8, 4) is 17.0 Å². The molecule has 1 saturated heterocycles. The van der Waals surface area contributed by atoms with Crippen LogP contribution in [0.1, 0.15) is 46.5 Å². The molecular weight excluding hydrogens is 585 g/mol. The normalized spacial score (nSPS) is 15.3. The highest BCUT2D eigenvalue weighted by atomic mass is 19.4. The van der Waals surface area contributed by atoms with Gasteiger partial charge >= 0.3 is 6.18 Å². The number of alkyl halides is 3. The first-order valence-corrected chi connectivity index (χ1v) is 14.3. The molecule has 1 aliphatic heterocycles. The Balaban J connectivity index is 1.71. The molecule has 0 saturated carbocycles. The summed E-state index contributed by atoms with van der Waals surface area (Å²) in [6.45, 7) is 4.68. The Kier molecular flexibility index (Phi) is 10.4. The highest BCUT2D eigenvalue weighted by Crippen LogP contribution is 2.38. The number of nitrogens with one attached hydrogen (secondary N) is 2. The van der Waals surface area contributed by atoms with Gasteiger partial charge in [-0.15, -0.1) is 0 Å². The Morgan fingerprint density at radius 1 is 1.05 bits per heavy atom. The molecule has 0 bridgehead atoms. The van der Waals surface area contributed by atoms with Gasteiger partial charge in [-0.1, -0.05) is 6.92 Å². The number of nitrogens with zero attached hydrogens (tertiary/aromatic N) is 3. The van der Waals surface area contributed by atoms with E-state index in [0.29, 0.717) is 31.2 Å². The Labute approximate surface area is 252 Å². The van der Waals surface area contributed by atoms with E-state index in [-0.39, 0.29) is 48.9 Å². The van der Waals surface area contributed by atoms with Crippen LogP contribution in [0.25, 0.3) is 11.1 Å². The molecule has 2 heterocycles. The van der Waals surface area contributed by atoms with E-state index in [1.165, 1.54) is 17.2 Å². The van der Waals surface area contributed by atoms with Gasteiger partial charge in [-0.3, -0.25) is 9.59 Å². The maximum Gasteiger partial charge on any atom is 0.417 e. The highest BCUT2D eigenvalue weighted by Gasteiger charge is 2.39. The monoisotopic (exact) mass is 619 g/mol. The summed E-state index contributed by atoms with van der Waals surface area (Å²) >= 11 is 0. The molecule has 8 nitrogen and oxygen atoms in total. The largest absolute Gasteiger partial charge is 0.478 e. The number of ether oxygens (including phenoxy) is 1. The molecule has 4 rings (SSSR count). The van der Waals surface area contributed by atoms with Crippen molar-refractivity contribution in [2.75, 3.05) is 51.3 Å². The van der Waals surface area contributed by atoms with Crippen molar-refractivity contribution in [2.24, 2.45) is 0 Å². The molecule has 1 aliphatic rings. The molecule has 0 unspecified atom stereocenters. The molecule has 236 valence electrons. The van der Waals surface area contributed by atoms with Crippen LogP contribution in [0.5, 0.6) is 5.88 Å². The number of pyridine rings is 1. The van der Waals surface area contributed by atoms with Crippen LogP contribution >= 0.6 is 0 Å². The lowest BCUT2D eigenvalue weighted by molar-refractivity contribution is -0.138. The number of carbonyl (C=O) groups excluding carboxylic acids is 2. The van der Waals surface area contributed by atoms with Crippen molar-refractivity contribution in [1.29, 1.82) is 0 Å². The van der Waals surface area contributed by atoms with E-state index in [1.54, 1.807) is 37.1 Å². The van der Waals surface area contributed by atoms with Crippen LogP contribution in [0.2, 0.25) is 0 Å². The van der Waals surface area contributed by atoms with Gasteiger partial charge in [0.2, 0.25) is 5.88 Å². The van der Waals surface area contributed by atoms with Gasteiger partial charge < -0.3 is 25.2 Å². The third kappa shape index (κ3) is 6.93. The lowest BCUT2D eigenvalue weighted by Crippen LogP contribution is -2.55. The number of aromatic nitrogens is 1. The molecule has 1 aromatic heterocycles. The van der Waals surface area contributed by atoms with Gasteiger partial charge in [-0.2, -0.15) is 13.2 Å². The summed E-state index contributed by atoms with van der Waals surface area (Å²) < 4.78 is 76.6. The number of piperazine rings is 1. The molecular formula is C31H34F5N5O3. The summed E-state index contributed by atoms with van der Waals surface area (Å²) in [5.74, 6) is -3.21.